The summed E-state index contributed by atoms with van der Waals surface area (Å²) in [6, 6.07) is 4.40. The number of carbonyl (C=O) groups excluding carboxylic acids is 1. The summed E-state index contributed by atoms with van der Waals surface area (Å²) in [4.78, 5) is 12.3. The standard InChI is InChI=1S/C15H10F3N5O4/c16-15(17,18)7-27-13-11-9(12-21-19-8-23(12)22-13)3-1-4-10(11)14(24)26-6-2-5-20-25/h1-4,8,25H,6-7H2. The van der Waals surface area contributed by atoms with Gasteiger partial charge in [0.05, 0.1) is 10.9 Å². The Morgan fingerprint density at radius 1 is 1.41 bits per heavy atom. The largest absolute Gasteiger partial charge is 0.467 e. The van der Waals surface area contributed by atoms with Crippen LogP contribution in [0.25, 0.3) is 16.4 Å². The molecule has 0 amide bonds. The second-order valence-corrected chi connectivity index (χ2v) is 5.07. The third kappa shape index (κ3) is 3.96. The number of nitrogens with zero attached hydrogens (tertiary/aromatic N) is 5. The van der Waals surface area contributed by atoms with E-state index in [1.165, 1.54) is 24.5 Å². The molecular weight excluding hydrogens is 371 g/mol. The van der Waals surface area contributed by atoms with Crippen LogP contribution in [-0.4, -0.2) is 56.2 Å². The van der Waals surface area contributed by atoms with Crippen LogP contribution in [0.15, 0.2) is 35.8 Å². The normalized spacial score (nSPS) is 11.2. The second-order valence-electron chi connectivity index (χ2n) is 5.07. The minimum Gasteiger partial charge on any atom is -0.467 e. The van der Waals surface area contributed by atoms with Crippen LogP contribution >= 0.6 is 0 Å². The number of rotatable bonds is 5. The Morgan fingerprint density at radius 2 is 2.22 bits per heavy atom. The summed E-state index contributed by atoms with van der Waals surface area (Å²) < 4.78 is 48.6. The number of ether oxygens (including phenoxy) is 2. The van der Waals surface area contributed by atoms with Gasteiger partial charge in [0.2, 0.25) is 5.88 Å². The van der Waals surface area contributed by atoms with Crippen LogP contribution < -0.4 is 4.74 Å². The Balaban J connectivity index is 2.10. The van der Waals surface area contributed by atoms with Crippen LogP contribution in [0.2, 0.25) is 0 Å². The van der Waals surface area contributed by atoms with Gasteiger partial charge in [-0.15, -0.1) is 15.3 Å². The van der Waals surface area contributed by atoms with Crippen molar-refractivity contribution in [3.8, 4) is 5.88 Å². The fourth-order valence-electron chi connectivity index (χ4n) is 2.29. The molecule has 140 valence electrons. The molecule has 0 atom stereocenters. The molecule has 12 heteroatoms. The molecule has 0 aliphatic heterocycles. The third-order valence-electron chi connectivity index (χ3n) is 3.29. The average molecular weight is 381 g/mol. The molecule has 0 saturated carbocycles. The van der Waals surface area contributed by atoms with E-state index in [9.17, 15) is 18.0 Å². The van der Waals surface area contributed by atoms with E-state index in [1.54, 1.807) is 0 Å². The number of fused-ring (bicyclic) bond motifs is 3. The van der Waals surface area contributed by atoms with Gasteiger partial charge in [0.25, 0.3) is 0 Å². The molecule has 0 fully saturated rings. The van der Waals surface area contributed by atoms with Gasteiger partial charge in [0, 0.05) is 17.3 Å². The van der Waals surface area contributed by atoms with E-state index < -0.39 is 24.6 Å². The molecule has 9 nitrogen and oxygen atoms in total. The highest BCUT2D eigenvalue weighted by Gasteiger charge is 2.30. The SMILES string of the molecule is O=C(OCC=C=NO)c1cccc2c1c(OCC(F)(F)F)nn1cnnc21. The minimum absolute atomic E-state index is 0.00653. The lowest BCUT2D eigenvalue weighted by molar-refractivity contribution is -0.153. The maximum Gasteiger partial charge on any atom is 0.422 e. The molecule has 1 aromatic carbocycles. The van der Waals surface area contributed by atoms with Crippen LogP contribution in [0.3, 0.4) is 0 Å². The summed E-state index contributed by atoms with van der Waals surface area (Å²) in [6.45, 7) is -1.86. The fraction of sp³-hybridized carbons (Fsp3) is 0.200. The number of hydrogen-bond donors (Lipinski definition) is 1. The Labute approximate surface area is 148 Å². The molecule has 0 bridgehead atoms. The predicted molar refractivity (Wildman–Crippen MR) is 83.9 cm³/mol. The molecule has 0 radical (unpaired) electrons. The van der Waals surface area contributed by atoms with Crippen LogP contribution in [-0.2, 0) is 4.74 Å². The summed E-state index contributed by atoms with van der Waals surface area (Å²) in [5.74, 6) is 0.786. The summed E-state index contributed by atoms with van der Waals surface area (Å²) in [5, 5.41) is 22.6. The number of benzene rings is 1. The van der Waals surface area contributed by atoms with Gasteiger partial charge in [-0.25, -0.2) is 4.79 Å². The molecule has 0 unspecified atom stereocenters. The van der Waals surface area contributed by atoms with Crippen LogP contribution in [0, 0.1) is 0 Å². The molecule has 0 aliphatic carbocycles. The number of hydrogen-bond acceptors (Lipinski definition) is 8. The molecule has 0 spiro atoms. The molecular formula is C15H10F3N5O4. The minimum atomic E-state index is -4.60. The van der Waals surface area contributed by atoms with Crippen molar-refractivity contribution in [3.63, 3.8) is 0 Å². The summed E-state index contributed by atoms with van der Waals surface area (Å²) in [6.07, 6.45) is -2.27. The second kappa shape index (κ2) is 7.30. The lowest BCUT2D eigenvalue weighted by Crippen LogP contribution is -2.20. The zero-order chi connectivity index (χ0) is 19.4. The van der Waals surface area contributed by atoms with Crippen molar-refractivity contribution in [1.82, 2.24) is 19.8 Å². The van der Waals surface area contributed by atoms with E-state index in [2.05, 4.69) is 26.3 Å². The lowest BCUT2D eigenvalue weighted by atomic mass is 10.1. The smallest absolute Gasteiger partial charge is 0.422 e. The van der Waals surface area contributed by atoms with Gasteiger partial charge in [0.1, 0.15) is 12.9 Å². The number of carbonyl (C=O) groups is 1. The van der Waals surface area contributed by atoms with E-state index >= 15 is 0 Å². The van der Waals surface area contributed by atoms with Crippen LogP contribution in [0.4, 0.5) is 13.2 Å². The Kier molecular flexibility index (Phi) is 4.90. The maximum absolute atomic E-state index is 12.6. The van der Waals surface area contributed by atoms with Gasteiger partial charge in [-0.2, -0.15) is 17.7 Å². The monoisotopic (exact) mass is 381 g/mol. The summed E-state index contributed by atoms with van der Waals surface area (Å²) in [7, 11) is 0. The molecule has 3 aromatic rings. The van der Waals surface area contributed by atoms with Gasteiger partial charge in [-0.1, -0.05) is 12.1 Å². The highest BCUT2D eigenvalue weighted by atomic mass is 19.4. The molecule has 3 rings (SSSR count). The number of aromatic nitrogens is 4. The summed E-state index contributed by atoms with van der Waals surface area (Å²) >= 11 is 0. The zero-order valence-electron chi connectivity index (χ0n) is 13.3. The molecule has 2 aromatic heterocycles. The third-order valence-corrected chi connectivity index (χ3v) is 3.29. The predicted octanol–water partition coefficient (Wildman–Crippen LogP) is 1.99. The summed E-state index contributed by atoms with van der Waals surface area (Å²) in [5.41, 5.74) is 0.156. The van der Waals surface area contributed by atoms with E-state index in [0.29, 0.717) is 5.39 Å². The van der Waals surface area contributed by atoms with Crippen molar-refractivity contribution in [3.05, 3.63) is 36.2 Å². The van der Waals surface area contributed by atoms with E-state index in [4.69, 9.17) is 14.7 Å². The zero-order valence-corrected chi connectivity index (χ0v) is 13.3. The topological polar surface area (TPSA) is 111 Å². The Bertz CT molecular complexity index is 1060. The first-order valence-electron chi connectivity index (χ1n) is 7.31. The quantitative estimate of drug-likeness (QED) is 0.311. The molecule has 27 heavy (non-hydrogen) atoms. The van der Waals surface area contributed by atoms with Crippen molar-refractivity contribution in [2.24, 2.45) is 5.16 Å². The highest BCUT2D eigenvalue weighted by molar-refractivity contribution is 6.10. The highest BCUT2D eigenvalue weighted by Crippen LogP contribution is 2.31. The van der Waals surface area contributed by atoms with Gasteiger partial charge in [0.15, 0.2) is 12.3 Å². The first-order chi connectivity index (χ1) is 12.9. The van der Waals surface area contributed by atoms with Gasteiger partial charge < -0.3 is 14.7 Å². The lowest BCUT2D eigenvalue weighted by Gasteiger charge is -2.13. The van der Waals surface area contributed by atoms with Gasteiger partial charge in [-0.3, -0.25) is 0 Å². The van der Waals surface area contributed by atoms with Crippen molar-refractivity contribution >= 4 is 28.3 Å². The van der Waals surface area contributed by atoms with E-state index in [-0.39, 0.29) is 23.2 Å². The molecule has 0 saturated heterocycles. The Hall–Kier alpha value is -3.66. The maximum atomic E-state index is 12.6. The fourth-order valence-corrected chi connectivity index (χ4v) is 2.29. The Morgan fingerprint density at radius 3 is 2.96 bits per heavy atom. The van der Waals surface area contributed by atoms with E-state index in [1.807, 2.05) is 0 Å². The van der Waals surface area contributed by atoms with Gasteiger partial charge in [-0.05, 0) is 11.2 Å². The first kappa shape index (κ1) is 18.1. The number of alkyl halides is 3. The van der Waals surface area contributed by atoms with Gasteiger partial charge >= 0.3 is 12.1 Å². The molecule has 0 aliphatic rings. The number of halogens is 3. The number of esters is 1. The van der Waals surface area contributed by atoms with Crippen molar-refractivity contribution < 1.29 is 32.6 Å². The van der Waals surface area contributed by atoms with Crippen LogP contribution in [0.1, 0.15) is 10.4 Å². The van der Waals surface area contributed by atoms with Crippen molar-refractivity contribution in [1.29, 1.82) is 0 Å². The first-order valence-corrected chi connectivity index (χ1v) is 7.31. The van der Waals surface area contributed by atoms with Crippen molar-refractivity contribution in [2.45, 2.75) is 6.18 Å². The molecule has 1 N–H and O–H groups in total. The molecule has 2 heterocycles. The van der Waals surface area contributed by atoms with E-state index in [0.717, 1.165) is 10.6 Å². The average Bonchev–Trinajstić information content (AvgIpc) is 3.10. The van der Waals surface area contributed by atoms with Crippen molar-refractivity contribution in [2.75, 3.05) is 13.2 Å². The van der Waals surface area contributed by atoms with Crippen LogP contribution in [0.5, 0.6) is 5.88 Å².